The fraction of sp³-hybridized carbons (Fsp3) is 0.368. The number of pyridine rings is 1. The summed E-state index contributed by atoms with van der Waals surface area (Å²) in [5, 5.41) is 3.35. The van der Waals surface area contributed by atoms with Gasteiger partial charge in [0, 0.05) is 44.2 Å². The van der Waals surface area contributed by atoms with Gasteiger partial charge in [0.1, 0.15) is 11.4 Å². The Kier molecular flexibility index (Phi) is 7.03. The minimum Gasteiger partial charge on any atom is -0.453 e. The van der Waals surface area contributed by atoms with Gasteiger partial charge in [-0.25, -0.2) is 9.37 Å². The molecular weight excluding hydrogens is 367 g/mol. The van der Waals surface area contributed by atoms with Crippen molar-refractivity contribution in [3.63, 3.8) is 0 Å². The first-order valence-electron chi connectivity index (χ1n) is 8.85. The molecule has 0 bridgehead atoms. The fourth-order valence-electron chi connectivity index (χ4n) is 2.75. The third-order valence-electron chi connectivity index (χ3n) is 4.25. The number of aromatic nitrogens is 1. The molecule has 2 aromatic rings. The van der Waals surface area contributed by atoms with Gasteiger partial charge in [0.25, 0.3) is 5.91 Å². The van der Waals surface area contributed by atoms with Gasteiger partial charge in [-0.2, -0.15) is 11.8 Å². The SMILES string of the molecule is NC(=O)c1ccc(Oc2ccc(CNCCN3CCSCC3)cc2F)cn1. The number of nitrogens with two attached hydrogens (primary N) is 1. The topological polar surface area (TPSA) is 80.5 Å². The van der Waals surface area contributed by atoms with Crippen molar-refractivity contribution < 1.29 is 13.9 Å². The van der Waals surface area contributed by atoms with Crippen molar-refractivity contribution in [2.45, 2.75) is 6.54 Å². The molecule has 8 heteroatoms. The first kappa shape index (κ1) is 19.6. The van der Waals surface area contributed by atoms with Gasteiger partial charge < -0.3 is 20.7 Å². The second-order valence-corrected chi connectivity index (χ2v) is 7.47. The van der Waals surface area contributed by atoms with Gasteiger partial charge in [0.2, 0.25) is 0 Å². The van der Waals surface area contributed by atoms with Crippen molar-refractivity contribution in [1.29, 1.82) is 0 Å². The van der Waals surface area contributed by atoms with Crippen molar-refractivity contribution in [2.24, 2.45) is 5.73 Å². The molecule has 0 aliphatic carbocycles. The van der Waals surface area contributed by atoms with Gasteiger partial charge in [-0.15, -0.1) is 0 Å². The summed E-state index contributed by atoms with van der Waals surface area (Å²) < 4.78 is 19.8. The zero-order chi connectivity index (χ0) is 19.1. The van der Waals surface area contributed by atoms with Gasteiger partial charge in [-0.3, -0.25) is 4.79 Å². The van der Waals surface area contributed by atoms with E-state index in [1.165, 1.54) is 35.9 Å². The van der Waals surface area contributed by atoms with Crippen LogP contribution in [0.3, 0.4) is 0 Å². The average Bonchev–Trinajstić information content (AvgIpc) is 2.68. The molecule has 1 aliphatic heterocycles. The molecule has 1 aromatic heterocycles. The van der Waals surface area contributed by atoms with Gasteiger partial charge in [-0.1, -0.05) is 6.07 Å². The Hall–Kier alpha value is -2.16. The number of nitrogens with zero attached hydrogens (tertiary/aromatic N) is 2. The van der Waals surface area contributed by atoms with Crippen LogP contribution in [0.4, 0.5) is 4.39 Å². The highest BCUT2D eigenvalue weighted by molar-refractivity contribution is 7.99. The van der Waals surface area contributed by atoms with Crippen LogP contribution in [0.15, 0.2) is 36.5 Å². The average molecular weight is 390 g/mol. The van der Waals surface area contributed by atoms with E-state index < -0.39 is 11.7 Å². The molecule has 144 valence electrons. The monoisotopic (exact) mass is 390 g/mol. The number of carbonyl (C=O) groups excluding carboxylic acids is 1. The Morgan fingerprint density at radius 3 is 2.78 bits per heavy atom. The number of amides is 1. The Labute approximate surface area is 162 Å². The molecule has 2 heterocycles. The van der Waals surface area contributed by atoms with Crippen LogP contribution < -0.4 is 15.8 Å². The number of carbonyl (C=O) groups is 1. The molecule has 3 N–H and O–H groups in total. The Balaban J connectivity index is 1.48. The number of ether oxygens (including phenoxy) is 1. The van der Waals surface area contributed by atoms with E-state index in [2.05, 4.69) is 15.2 Å². The molecule has 1 aliphatic rings. The van der Waals surface area contributed by atoms with E-state index in [1.807, 2.05) is 17.8 Å². The molecule has 1 saturated heterocycles. The smallest absolute Gasteiger partial charge is 0.267 e. The van der Waals surface area contributed by atoms with Crippen molar-refractivity contribution in [1.82, 2.24) is 15.2 Å². The number of nitrogens with one attached hydrogen (secondary N) is 1. The first-order chi connectivity index (χ1) is 13.1. The van der Waals surface area contributed by atoms with Gasteiger partial charge in [-0.05, 0) is 29.8 Å². The minimum atomic E-state index is -0.622. The van der Waals surface area contributed by atoms with E-state index in [0.29, 0.717) is 12.3 Å². The lowest BCUT2D eigenvalue weighted by Gasteiger charge is -2.26. The maximum absolute atomic E-state index is 14.3. The quantitative estimate of drug-likeness (QED) is 0.673. The van der Waals surface area contributed by atoms with Gasteiger partial charge >= 0.3 is 0 Å². The molecule has 3 rings (SSSR count). The summed E-state index contributed by atoms with van der Waals surface area (Å²) in [6.45, 7) is 4.78. The summed E-state index contributed by atoms with van der Waals surface area (Å²) in [5.41, 5.74) is 6.13. The van der Waals surface area contributed by atoms with E-state index in [1.54, 1.807) is 6.07 Å². The summed E-state index contributed by atoms with van der Waals surface area (Å²) in [6, 6.07) is 7.85. The van der Waals surface area contributed by atoms with Crippen LogP contribution >= 0.6 is 11.8 Å². The largest absolute Gasteiger partial charge is 0.453 e. The van der Waals surface area contributed by atoms with Crippen LogP contribution in [-0.4, -0.2) is 53.5 Å². The minimum absolute atomic E-state index is 0.109. The normalized spacial score (nSPS) is 14.9. The highest BCUT2D eigenvalue weighted by Gasteiger charge is 2.10. The maximum Gasteiger partial charge on any atom is 0.267 e. The molecule has 0 saturated carbocycles. The summed E-state index contributed by atoms with van der Waals surface area (Å²) >= 11 is 2.00. The third-order valence-corrected chi connectivity index (χ3v) is 5.19. The molecule has 1 aromatic carbocycles. The van der Waals surface area contributed by atoms with Crippen LogP contribution in [0.2, 0.25) is 0 Å². The van der Waals surface area contributed by atoms with Crippen LogP contribution in [-0.2, 0) is 6.54 Å². The molecule has 27 heavy (non-hydrogen) atoms. The third kappa shape index (κ3) is 5.92. The Bertz CT molecular complexity index is 767. The molecule has 6 nitrogen and oxygen atoms in total. The number of thioether (sulfide) groups is 1. The summed E-state index contributed by atoms with van der Waals surface area (Å²) in [7, 11) is 0. The predicted octanol–water partition coefficient (Wildman–Crippen LogP) is 2.25. The molecular formula is C19H23FN4O2S. The summed E-state index contributed by atoms with van der Waals surface area (Å²) in [4.78, 5) is 17.3. The molecule has 0 spiro atoms. The zero-order valence-corrected chi connectivity index (χ0v) is 15.8. The van der Waals surface area contributed by atoms with E-state index in [-0.39, 0.29) is 11.4 Å². The maximum atomic E-state index is 14.3. The molecule has 1 fully saturated rings. The summed E-state index contributed by atoms with van der Waals surface area (Å²) in [6.07, 6.45) is 1.34. The number of halogens is 1. The lowest BCUT2D eigenvalue weighted by Crippen LogP contribution is -2.37. The van der Waals surface area contributed by atoms with Crippen LogP contribution in [0.25, 0.3) is 0 Å². The number of hydrogen-bond donors (Lipinski definition) is 2. The molecule has 0 radical (unpaired) electrons. The second-order valence-electron chi connectivity index (χ2n) is 6.24. The number of rotatable bonds is 8. The molecule has 1 amide bonds. The van der Waals surface area contributed by atoms with E-state index in [9.17, 15) is 9.18 Å². The number of hydrogen-bond acceptors (Lipinski definition) is 6. The van der Waals surface area contributed by atoms with Crippen molar-refractivity contribution in [3.8, 4) is 11.5 Å². The standard InChI is InChI=1S/C19H23FN4O2S/c20-16-11-14(12-22-5-6-24-7-9-27-10-8-24)1-4-18(16)26-15-2-3-17(19(21)25)23-13-15/h1-4,11,13,22H,5-10,12H2,(H2,21,25). The second kappa shape index (κ2) is 9.68. The van der Waals surface area contributed by atoms with Crippen molar-refractivity contribution >= 4 is 17.7 Å². The van der Waals surface area contributed by atoms with Crippen molar-refractivity contribution in [3.05, 3.63) is 53.6 Å². The lowest BCUT2D eigenvalue weighted by atomic mass is 10.2. The molecule has 0 unspecified atom stereocenters. The fourth-order valence-corrected chi connectivity index (χ4v) is 3.72. The first-order valence-corrected chi connectivity index (χ1v) is 10.0. The Morgan fingerprint density at radius 2 is 2.11 bits per heavy atom. The molecule has 0 atom stereocenters. The number of primary amides is 1. The van der Waals surface area contributed by atoms with E-state index in [0.717, 1.165) is 31.7 Å². The highest BCUT2D eigenvalue weighted by Crippen LogP contribution is 2.24. The zero-order valence-electron chi connectivity index (χ0n) is 15.0. The number of benzene rings is 1. The lowest BCUT2D eigenvalue weighted by molar-refractivity contribution is 0.0995. The van der Waals surface area contributed by atoms with Crippen LogP contribution in [0.5, 0.6) is 11.5 Å². The van der Waals surface area contributed by atoms with E-state index >= 15 is 0 Å². The predicted molar refractivity (Wildman–Crippen MR) is 105 cm³/mol. The van der Waals surface area contributed by atoms with Gasteiger partial charge in [0.05, 0.1) is 6.20 Å². The van der Waals surface area contributed by atoms with Crippen LogP contribution in [0.1, 0.15) is 16.1 Å². The van der Waals surface area contributed by atoms with E-state index in [4.69, 9.17) is 10.5 Å². The van der Waals surface area contributed by atoms with Gasteiger partial charge in [0.15, 0.2) is 11.6 Å². The van der Waals surface area contributed by atoms with Crippen LogP contribution in [0, 0.1) is 5.82 Å². The van der Waals surface area contributed by atoms with Crippen molar-refractivity contribution in [2.75, 3.05) is 37.7 Å². The Morgan fingerprint density at radius 1 is 1.30 bits per heavy atom. The highest BCUT2D eigenvalue weighted by atomic mass is 32.2. The summed E-state index contributed by atoms with van der Waals surface area (Å²) in [5.74, 6) is 1.79.